The molecule has 2 rings (SSSR count). The van der Waals surface area contributed by atoms with E-state index in [0.717, 1.165) is 5.56 Å². The number of nitriles is 1. The Labute approximate surface area is 128 Å². The van der Waals surface area contributed by atoms with Crippen molar-refractivity contribution in [2.45, 2.75) is 12.8 Å². The van der Waals surface area contributed by atoms with Gasteiger partial charge in [-0.25, -0.2) is 0 Å². The molecule has 0 aromatic heterocycles. The number of hydrogen-bond donors (Lipinski definition) is 2. The molecule has 5 heteroatoms. The van der Waals surface area contributed by atoms with Crippen LogP contribution >= 0.6 is 11.6 Å². The minimum atomic E-state index is -0.161. The zero-order valence-electron chi connectivity index (χ0n) is 11.3. The molecule has 4 nitrogen and oxygen atoms in total. The van der Waals surface area contributed by atoms with Crippen LogP contribution in [0.1, 0.15) is 17.5 Å². The van der Waals surface area contributed by atoms with E-state index in [1.54, 1.807) is 30.3 Å². The second-order valence-electron chi connectivity index (χ2n) is 4.59. The van der Waals surface area contributed by atoms with E-state index in [2.05, 4.69) is 5.32 Å². The highest BCUT2D eigenvalue weighted by atomic mass is 35.5. The van der Waals surface area contributed by atoms with Crippen molar-refractivity contribution in [3.63, 3.8) is 0 Å². The Morgan fingerprint density at radius 1 is 1.24 bits per heavy atom. The zero-order valence-corrected chi connectivity index (χ0v) is 12.0. The zero-order chi connectivity index (χ0) is 15.2. The first-order valence-corrected chi connectivity index (χ1v) is 6.80. The summed E-state index contributed by atoms with van der Waals surface area (Å²) in [6.07, 6.45) is 0.926. The molecule has 0 aliphatic heterocycles. The summed E-state index contributed by atoms with van der Waals surface area (Å²) in [6.45, 7) is 0. The first kappa shape index (κ1) is 14.9. The summed E-state index contributed by atoms with van der Waals surface area (Å²) in [7, 11) is 0. The Bertz CT molecular complexity index is 690. The van der Waals surface area contributed by atoms with Gasteiger partial charge in [0.25, 0.3) is 0 Å². The Hall–Kier alpha value is -2.51. The third kappa shape index (κ3) is 4.23. The van der Waals surface area contributed by atoms with Gasteiger partial charge in [0.05, 0.1) is 11.3 Å². The number of nitrogens with two attached hydrogens (primary N) is 1. The molecule has 2 aromatic rings. The maximum atomic E-state index is 11.9. The number of carbonyl (C=O) groups excluding carboxylic acids is 1. The van der Waals surface area contributed by atoms with Gasteiger partial charge in [-0.3, -0.25) is 4.79 Å². The van der Waals surface area contributed by atoms with Crippen molar-refractivity contribution in [3.8, 4) is 6.07 Å². The van der Waals surface area contributed by atoms with Crippen LogP contribution in [0.4, 0.5) is 11.4 Å². The molecule has 1 amide bonds. The van der Waals surface area contributed by atoms with E-state index >= 15 is 0 Å². The third-order valence-corrected chi connectivity index (χ3v) is 3.23. The fourth-order valence-electron chi connectivity index (χ4n) is 1.87. The number of halogens is 1. The normalized spacial score (nSPS) is 9.90. The van der Waals surface area contributed by atoms with Gasteiger partial charge in [-0.15, -0.1) is 0 Å². The van der Waals surface area contributed by atoms with E-state index in [1.807, 2.05) is 18.2 Å². The summed E-state index contributed by atoms with van der Waals surface area (Å²) >= 11 is 5.87. The summed E-state index contributed by atoms with van der Waals surface area (Å²) < 4.78 is 0. The quantitative estimate of drug-likeness (QED) is 0.850. The standard InChI is InChI=1S/C16H14ClN3O/c17-13-5-4-12(10-18)15(9-13)20-16(21)8-3-11-1-6-14(19)7-2-11/h1-2,4-7,9H,3,8,19H2,(H,20,21). The van der Waals surface area contributed by atoms with Crippen molar-refractivity contribution in [1.29, 1.82) is 5.26 Å². The van der Waals surface area contributed by atoms with Gasteiger partial charge in [0, 0.05) is 17.1 Å². The molecule has 0 unspecified atom stereocenters. The van der Waals surface area contributed by atoms with Crippen molar-refractivity contribution >= 4 is 28.9 Å². The fourth-order valence-corrected chi connectivity index (χ4v) is 2.04. The molecule has 0 aliphatic rings. The number of benzene rings is 2. The van der Waals surface area contributed by atoms with Gasteiger partial charge in [-0.05, 0) is 42.3 Å². The molecule has 0 aliphatic carbocycles. The number of aryl methyl sites for hydroxylation is 1. The van der Waals surface area contributed by atoms with Crippen molar-refractivity contribution in [3.05, 3.63) is 58.6 Å². The first-order chi connectivity index (χ1) is 10.1. The molecule has 2 aromatic carbocycles. The largest absolute Gasteiger partial charge is 0.399 e. The molecule has 106 valence electrons. The third-order valence-electron chi connectivity index (χ3n) is 3.00. The predicted octanol–water partition coefficient (Wildman–Crippen LogP) is 3.37. The molecule has 3 N–H and O–H groups in total. The van der Waals surface area contributed by atoms with Gasteiger partial charge in [-0.1, -0.05) is 23.7 Å². The van der Waals surface area contributed by atoms with E-state index in [1.165, 1.54) is 0 Å². The summed E-state index contributed by atoms with van der Waals surface area (Å²) in [5.74, 6) is -0.161. The summed E-state index contributed by atoms with van der Waals surface area (Å²) in [6, 6.07) is 14.2. The number of nitrogens with zero attached hydrogens (tertiary/aromatic N) is 1. The fraction of sp³-hybridized carbons (Fsp3) is 0.125. The minimum absolute atomic E-state index is 0.161. The topological polar surface area (TPSA) is 78.9 Å². The molecule has 0 spiro atoms. The lowest BCUT2D eigenvalue weighted by Gasteiger charge is -2.07. The second kappa shape index (κ2) is 6.78. The number of rotatable bonds is 4. The number of amides is 1. The molecule has 21 heavy (non-hydrogen) atoms. The molecule has 0 saturated carbocycles. The van der Waals surface area contributed by atoms with E-state index in [0.29, 0.717) is 34.8 Å². The van der Waals surface area contributed by atoms with Crippen LogP contribution in [0.25, 0.3) is 0 Å². The summed E-state index contributed by atoms with van der Waals surface area (Å²) in [5.41, 5.74) is 8.16. The van der Waals surface area contributed by atoms with Crippen LogP contribution < -0.4 is 11.1 Å². The monoisotopic (exact) mass is 299 g/mol. The molecule has 0 radical (unpaired) electrons. The molecular weight excluding hydrogens is 286 g/mol. The van der Waals surface area contributed by atoms with E-state index < -0.39 is 0 Å². The van der Waals surface area contributed by atoms with Crippen LogP contribution in [0, 0.1) is 11.3 Å². The number of nitrogen functional groups attached to an aromatic ring is 1. The number of anilines is 2. The Morgan fingerprint density at radius 3 is 2.62 bits per heavy atom. The van der Waals surface area contributed by atoms with Crippen molar-refractivity contribution in [2.75, 3.05) is 11.1 Å². The van der Waals surface area contributed by atoms with Crippen LogP contribution in [0.15, 0.2) is 42.5 Å². The highest BCUT2D eigenvalue weighted by Crippen LogP contribution is 2.20. The summed E-state index contributed by atoms with van der Waals surface area (Å²) in [5, 5.41) is 12.2. The van der Waals surface area contributed by atoms with Gasteiger partial charge < -0.3 is 11.1 Å². The van der Waals surface area contributed by atoms with Crippen molar-refractivity contribution in [2.24, 2.45) is 0 Å². The molecule has 0 saturated heterocycles. The lowest BCUT2D eigenvalue weighted by Crippen LogP contribution is -2.13. The first-order valence-electron chi connectivity index (χ1n) is 6.42. The Morgan fingerprint density at radius 2 is 1.95 bits per heavy atom. The van der Waals surface area contributed by atoms with E-state index in [-0.39, 0.29) is 5.91 Å². The maximum Gasteiger partial charge on any atom is 0.224 e. The lowest BCUT2D eigenvalue weighted by molar-refractivity contribution is -0.116. The van der Waals surface area contributed by atoms with E-state index in [9.17, 15) is 4.79 Å². The average Bonchev–Trinajstić information content (AvgIpc) is 2.47. The number of carbonyl (C=O) groups is 1. The maximum absolute atomic E-state index is 11.9. The second-order valence-corrected chi connectivity index (χ2v) is 5.03. The van der Waals surface area contributed by atoms with Crippen molar-refractivity contribution in [1.82, 2.24) is 0 Å². The molecule has 0 bridgehead atoms. The van der Waals surface area contributed by atoms with Crippen LogP contribution in [0.3, 0.4) is 0 Å². The number of hydrogen-bond acceptors (Lipinski definition) is 3. The van der Waals surface area contributed by atoms with Crippen LogP contribution in [-0.2, 0) is 11.2 Å². The van der Waals surface area contributed by atoms with Crippen LogP contribution in [-0.4, -0.2) is 5.91 Å². The molecule has 0 fully saturated rings. The lowest BCUT2D eigenvalue weighted by atomic mass is 10.1. The predicted molar refractivity (Wildman–Crippen MR) is 84.0 cm³/mol. The van der Waals surface area contributed by atoms with Gasteiger partial charge in [0.2, 0.25) is 5.91 Å². The average molecular weight is 300 g/mol. The molecule has 0 atom stereocenters. The summed E-state index contributed by atoms with van der Waals surface area (Å²) in [4.78, 5) is 11.9. The smallest absolute Gasteiger partial charge is 0.224 e. The number of nitrogens with one attached hydrogen (secondary N) is 1. The van der Waals surface area contributed by atoms with Gasteiger partial charge in [0.15, 0.2) is 0 Å². The van der Waals surface area contributed by atoms with Gasteiger partial charge in [0.1, 0.15) is 6.07 Å². The highest BCUT2D eigenvalue weighted by Gasteiger charge is 2.08. The Balaban J connectivity index is 1.97. The van der Waals surface area contributed by atoms with Gasteiger partial charge >= 0.3 is 0 Å². The van der Waals surface area contributed by atoms with E-state index in [4.69, 9.17) is 22.6 Å². The van der Waals surface area contributed by atoms with Gasteiger partial charge in [-0.2, -0.15) is 5.26 Å². The molecule has 0 heterocycles. The van der Waals surface area contributed by atoms with Crippen LogP contribution in [0.2, 0.25) is 5.02 Å². The SMILES string of the molecule is N#Cc1ccc(Cl)cc1NC(=O)CCc1ccc(N)cc1. The Kier molecular flexibility index (Phi) is 4.81. The highest BCUT2D eigenvalue weighted by molar-refractivity contribution is 6.31. The minimum Gasteiger partial charge on any atom is -0.399 e. The molecular formula is C16H14ClN3O. The van der Waals surface area contributed by atoms with Crippen molar-refractivity contribution < 1.29 is 4.79 Å². The van der Waals surface area contributed by atoms with Crippen LogP contribution in [0.5, 0.6) is 0 Å².